The maximum absolute atomic E-state index is 11.1. The number of nitrogens with zero attached hydrogens (tertiary/aromatic N) is 1. The molecule has 0 aromatic heterocycles. The summed E-state index contributed by atoms with van der Waals surface area (Å²) in [4.78, 5) is 11.1. The van der Waals surface area contributed by atoms with E-state index in [-0.39, 0.29) is 5.97 Å². The van der Waals surface area contributed by atoms with Gasteiger partial charge in [-0.15, -0.1) is 0 Å². The molecule has 0 heterocycles. The molecular formula is C13H15BrN2O2. The molecule has 0 aliphatic rings. The summed E-state index contributed by atoms with van der Waals surface area (Å²) in [6, 6.07) is 7.51. The maximum Gasteiger partial charge on any atom is 0.305 e. The van der Waals surface area contributed by atoms with E-state index in [0.717, 1.165) is 10.2 Å². The highest BCUT2D eigenvalue weighted by molar-refractivity contribution is 9.10. The van der Waals surface area contributed by atoms with Crippen LogP contribution < -0.4 is 5.32 Å². The van der Waals surface area contributed by atoms with Gasteiger partial charge in [-0.2, -0.15) is 5.26 Å². The first-order valence-corrected chi connectivity index (χ1v) is 6.55. The summed E-state index contributed by atoms with van der Waals surface area (Å²) in [5.74, 6) is -0.175. The molecule has 1 aromatic carbocycles. The molecule has 1 aromatic rings. The molecule has 0 spiro atoms. The van der Waals surface area contributed by atoms with Crippen LogP contribution in [0.5, 0.6) is 0 Å². The Morgan fingerprint density at radius 3 is 2.94 bits per heavy atom. The van der Waals surface area contributed by atoms with Crippen LogP contribution in [0, 0.1) is 11.3 Å². The predicted molar refractivity (Wildman–Crippen MR) is 73.2 cm³/mol. The highest BCUT2D eigenvalue weighted by Crippen LogP contribution is 2.19. The fourth-order valence-electron chi connectivity index (χ4n) is 1.45. The fourth-order valence-corrected chi connectivity index (χ4v) is 1.95. The van der Waals surface area contributed by atoms with Crippen molar-refractivity contribution in [2.24, 2.45) is 0 Å². The fraction of sp³-hybridized carbons (Fsp3) is 0.385. The van der Waals surface area contributed by atoms with Crippen LogP contribution in [0.3, 0.4) is 0 Å². The second-order valence-electron chi connectivity index (χ2n) is 3.68. The normalized spacial score (nSPS) is 9.61. The molecular weight excluding hydrogens is 296 g/mol. The molecule has 5 heteroatoms. The van der Waals surface area contributed by atoms with Gasteiger partial charge in [0.2, 0.25) is 0 Å². The van der Waals surface area contributed by atoms with Gasteiger partial charge in [-0.1, -0.05) is 15.9 Å². The van der Waals surface area contributed by atoms with E-state index >= 15 is 0 Å². The average Bonchev–Trinajstić information content (AvgIpc) is 2.34. The van der Waals surface area contributed by atoms with E-state index in [4.69, 9.17) is 10.00 Å². The van der Waals surface area contributed by atoms with Crippen molar-refractivity contribution >= 4 is 27.6 Å². The van der Waals surface area contributed by atoms with E-state index in [1.165, 1.54) is 0 Å². The molecule has 0 bridgehead atoms. The number of nitrogens with one attached hydrogen (secondary N) is 1. The van der Waals surface area contributed by atoms with Crippen LogP contribution in [0.2, 0.25) is 0 Å². The van der Waals surface area contributed by atoms with Crippen LogP contribution in [0.25, 0.3) is 0 Å². The van der Waals surface area contributed by atoms with Crippen LogP contribution in [0.15, 0.2) is 22.7 Å². The lowest BCUT2D eigenvalue weighted by Gasteiger charge is -2.07. The van der Waals surface area contributed by atoms with Gasteiger partial charge in [0.05, 0.1) is 18.2 Å². The Kier molecular flexibility index (Phi) is 6.23. The maximum atomic E-state index is 11.1. The topological polar surface area (TPSA) is 62.1 Å². The molecule has 0 saturated heterocycles. The molecule has 0 radical (unpaired) electrons. The number of hydrogen-bond donors (Lipinski definition) is 1. The molecule has 0 amide bonds. The van der Waals surface area contributed by atoms with Crippen molar-refractivity contribution < 1.29 is 9.53 Å². The summed E-state index contributed by atoms with van der Waals surface area (Å²) in [6.45, 7) is 2.88. The van der Waals surface area contributed by atoms with Crippen molar-refractivity contribution in [2.45, 2.75) is 19.8 Å². The molecule has 96 valence electrons. The van der Waals surface area contributed by atoms with Gasteiger partial charge in [0.25, 0.3) is 0 Å². The molecule has 0 saturated carbocycles. The zero-order valence-corrected chi connectivity index (χ0v) is 11.8. The van der Waals surface area contributed by atoms with Gasteiger partial charge in [0.1, 0.15) is 0 Å². The summed E-state index contributed by atoms with van der Waals surface area (Å²) < 4.78 is 5.69. The third-order valence-electron chi connectivity index (χ3n) is 2.22. The lowest BCUT2D eigenvalue weighted by atomic mass is 10.2. The summed E-state index contributed by atoms with van der Waals surface area (Å²) in [5, 5.41) is 12.0. The molecule has 0 fully saturated rings. The van der Waals surface area contributed by atoms with Gasteiger partial charge in [0, 0.05) is 23.1 Å². The lowest BCUT2D eigenvalue weighted by molar-refractivity contribution is -0.143. The van der Waals surface area contributed by atoms with E-state index in [2.05, 4.69) is 27.3 Å². The molecule has 0 atom stereocenters. The van der Waals surface area contributed by atoms with E-state index in [1.54, 1.807) is 19.1 Å². The standard InChI is InChI=1S/C13H15BrN2O2/c1-2-18-13(17)4-3-5-16-12-7-10(9-15)6-11(14)8-12/h6-8,16H,2-5H2,1H3. The number of nitriles is 1. The Bertz CT molecular complexity index is 455. The zero-order chi connectivity index (χ0) is 13.4. The van der Waals surface area contributed by atoms with Crippen LogP contribution in [-0.2, 0) is 9.53 Å². The van der Waals surface area contributed by atoms with Crippen molar-refractivity contribution in [3.63, 3.8) is 0 Å². The van der Waals surface area contributed by atoms with Gasteiger partial charge >= 0.3 is 5.97 Å². The summed E-state index contributed by atoms with van der Waals surface area (Å²) >= 11 is 3.34. The number of carbonyl (C=O) groups is 1. The zero-order valence-electron chi connectivity index (χ0n) is 10.2. The van der Waals surface area contributed by atoms with Gasteiger partial charge < -0.3 is 10.1 Å². The third-order valence-corrected chi connectivity index (χ3v) is 2.68. The van der Waals surface area contributed by atoms with E-state index in [9.17, 15) is 4.79 Å². The first kappa shape index (κ1) is 14.5. The first-order valence-electron chi connectivity index (χ1n) is 5.76. The van der Waals surface area contributed by atoms with Crippen molar-refractivity contribution in [3.8, 4) is 6.07 Å². The van der Waals surface area contributed by atoms with Crippen molar-refractivity contribution in [1.82, 2.24) is 0 Å². The van der Waals surface area contributed by atoms with Crippen LogP contribution in [0.1, 0.15) is 25.3 Å². The minimum absolute atomic E-state index is 0.175. The molecule has 1 rings (SSSR count). The minimum atomic E-state index is -0.175. The molecule has 0 unspecified atom stereocenters. The quantitative estimate of drug-likeness (QED) is 0.648. The monoisotopic (exact) mass is 310 g/mol. The summed E-state index contributed by atoms with van der Waals surface area (Å²) in [7, 11) is 0. The molecule has 1 N–H and O–H groups in total. The average molecular weight is 311 g/mol. The number of halogens is 1. The number of anilines is 1. The Labute approximate surface area is 115 Å². The van der Waals surface area contributed by atoms with Crippen molar-refractivity contribution in [2.75, 3.05) is 18.5 Å². The SMILES string of the molecule is CCOC(=O)CCCNc1cc(Br)cc(C#N)c1. The number of esters is 1. The van der Waals surface area contributed by atoms with Gasteiger partial charge in [0.15, 0.2) is 0 Å². The smallest absolute Gasteiger partial charge is 0.305 e. The second kappa shape index (κ2) is 7.72. The number of rotatable bonds is 6. The van der Waals surface area contributed by atoms with Crippen molar-refractivity contribution in [1.29, 1.82) is 5.26 Å². The molecule has 4 nitrogen and oxygen atoms in total. The van der Waals surface area contributed by atoms with Gasteiger partial charge in [-0.05, 0) is 31.5 Å². The van der Waals surface area contributed by atoms with Crippen LogP contribution in [-0.4, -0.2) is 19.1 Å². The van der Waals surface area contributed by atoms with Gasteiger partial charge in [-0.25, -0.2) is 0 Å². The number of ether oxygens (including phenoxy) is 1. The Hall–Kier alpha value is -1.54. The minimum Gasteiger partial charge on any atom is -0.466 e. The van der Waals surface area contributed by atoms with Crippen LogP contribution in [0.4, 0.5) is 5.69 Å². The third kappa shape index (κ3) is 5.19. The number of benzene rings is 1. The highest BCUT2D eigenvalue weighted by atomic mass is 79.9. The number of hydrogen-bond acceptors (Lipinski definition) is 4. The predicted octanol–water partition coefficient (Wildman–Crippen LogP) is 3.08. The highest BCUT2D eigenvalue weighted by Gasteiger charge is 2.02. The lowest BCUT2D eigenvalue weighted by Crippen LogP contribution is -2.08. The summed E-state index contributed by atoms with van der Waals surface area (Å²) in [5.41, 5.74) is 1.46. The van der Waals surface area contributed by atoms with Gasteiger partial charge in [-0.3, -0.25) is 4.79 Å². The Balaban J connectivity index is 2.38. The Morgan fingerprint density at radius 1 is 1.50 bits per heavy atom. The summed E-state index contributed by atoms with van der Waals surface area (Å²) in [6.07, 6.45) is 1.10. The Morgan fingerprint density at radius 2 is 2.28 bits per heavy atom. The first-order chi connectivity index (χ1) is 8.65. The number of carbonyl (C=O) groups excluding carboxylic acids is 1. The second-order valence-corrected chi connectivity index (χ2v) is 4.59. The van der Waals surface area contributed by atoms with E-state index in [1.807, 2.05) is 6.07 Å². The van der Waals surface area contributed by atoms with Crippen LogP contribution >= 0.6 is 15.9 Å². The van der Waals surface area contributed by atoms with Crippen molar-refractivity contribution in [3.05, 3.63) is 28.2 Å². The van der Waals surface area contributed by atoms with E-state index < -0.39 is 0 Å². The molecule has 18 heavy (non-hydrogen) atoms. The molecule has 0 aliphatic heterocycles. The molecule has 0 aliphatic carbocycles. The van der Waals surface area contributed by atoms with E-state index in [0.29, 0.717) is 31.6 Å². The largest absolute Gasteiger partial charge is 0.466 e.